The molecule has 0 saturated heterocycles. The monoisotopic (exact) mass is 460 g/mol. The number of hydrogen-bond donors (Lipinski definition) is 5. The molecule has 9 heteroatoms. The maximum atomic E-state index is 10.8. The lowest BCUT2D eigenvalue weighted by Crippen LogP contribution is -2.29. The van der Waals surface area contributed by atoms with E-state index in [1.54, 1.807) is 0 Å². The third kappa shape index (κ3) is 3.48. The Morgan fingerprint density at radius 1 is 1.12 bits per heavy atom. The first-order valence-corrected chi connectivity index (χ1v) is 11.7. The number of nitrogen functional groups attached to an aromatic ring is 1. The molecule has 0 spiro atoms. The van der Waals surface area contributed by atoms with E-state index in [0.717, 1.165) is 52.5 Å². The van der Waals surface area contributed by atoms with Crippen LogP contribution in [0, 0.1) is 5.92 Å². The smallest absolute Gasteiger partial charge is 0.145 e. The van der Waals surface area contributed by atoms with Crippen molar-refractivity contribution in [1.82, 2.24) is 19.5 Å². The first-order valence-electron chi connectivity index (χ1n) is 11.7. The Hall–Kier alpha value is -3.27. The van der Waals surface area contributed by atoms with E-state index in [9.17, 15) is 15.3 Å². The van der Waals surface area contributed by atoms with Crippen molar-refractivity contribution in [2.45, 2.75) is 50.0 Å². The molecule has 4 aromatic rings. The van der Waals surface area contributed by atoms with Crippen LogP contribution in [0.4, 0.5) is 11.6 Å². The molecule has 5 atom stereocenters. The summed E-state index contributed by atoms with van der Waals surface area (Å²) in [5.41, 5.74) is 9.84. The van der Waals surface area contributed by atoms with Crippen molar-refractivity contribution in [1.29, 1.82) is 0 Å². The summed E-state index contributed by atoms with van der Waals surface area (Å²) in [5.74, 6) is 1.22. The van der Waals surface area contributed by atoms with Gasteiger partial charge in [0.2, 0.25) is 0 Å². The van der Waals surface area contributed by atoms with Crippen LogP contribution in [0.5, 0.6) is 0 Å². The molecule has 0 amide bonds. The first kappa shape index (κ1) is 21.3. The van der Waals surface area contributed by atoms with Gasteiger partial charge >= 0.3 is 0 Å². The lowest BCUT2D eigenvalue weighted by molar-refractivity contribution is 0.00545. The summed E-state index contributed by atoms with van der Waals surface area (Å²) in [7, 11) is 0. The fourth-order valence-electron chi connectivity index (χ4n) is 5.58. The summed E-state index contributed by atoms with van der Waals surface area (Å²) in [6.07, 6.45) is 4.59. The second kappa shape index (κ2) is 8.19. The molecule has 4 heterocycles. The zero-order valence-corrected chi connectivity index (χ0v) is 18.7. The second-order valence-corrected chi connectivity index (χ2v) is 9.55. The minimum atomic E-state index is -0.872. The molecule has 1 saturated carbocycles. The predicted octanol–water partition coefficient (Wildman–Crippen LogP) is 1.81. The maximum Gasteiger partial charge on any atom is 0.145 e. The summed E-state index contributed by atoms with van der Waals surface area (Å²) in [6, 6.07) is 10.1. The Morgan fingerprint density at radius 3 is 2.85 bits per heavy atom. The fraction of sp³-hybridized carbons (Fsp3) is 0.400. The normalized spacial score (nSPS) is 26.3. The van der Waals surface area contributed by atoms with Gasteiger partial charge in [0.05, 0.1) is 35.7 Å². The summed E-state index contributed by atoms with van der Waals surface area (Å²) in [5, 5.41) is 36.2. The number of benzene rings is 1. The standard InChI is InChI=1S/C25H28N6O3/c26-23-18-5-6-31(25(18)28-12-27-23)20-10-15(21(33)22(20)34)4-2-13-1-3-14-8-16-9-17(11-32)29-24(16)30-19(14)7-13/h1,3,5-8,12,15,17,20-22,32-34H,2,4,9-11H2,(H,29,30)(H2,26,27,28)/t15-,17-,20+,21+,22-/m0/s1. The van der Waals surface area contributed by atoms with E-state index in [1.165, 1.54) is 6.33 Å². The van der Waals surface area contributed by atoms with Gasteiger partial charge in [0.25, 0.3) is 0 Å². The van der Waals surface area contributed by atoms with Crippen molar-refractivity contribution < 1.29 is 15.3 Å². The van der Waals surface area contributed by atoms with Gasteiger partial charge in [0.15, 0.2) is 0 Å². The highest BCUT2D eigenvalue weighted by Gasteiger charge is 2.42. The molecule has 34 heavy (non-hydrogen) atoms. The molecule has 6 N–H and O–H groups in total. The van der Waals surface area contributed by atoms with Crippen LogP contribution in [0.2, 0.25) is 0 Å². The Kier molecular flexibility index (Phi) is 5.13. The first-order chi connectivity index (χ1) is 16.5. The van der Waals surface area contributed by atoms with Crippen molar-refractivity contribution >= 4 is 33.6 Å². The number of fused-ring (bicyclic) bond motifs is 3. The summed E-state index contributed by atoms with van der Waals surface area (Å²) >= 11 is 0. The number of aliphatic hydroxyl groups is 3. The molecule has 0 radical (unpaired) electrons. The number of rotatable bonds is 5. The third-order valence-electron chi connectivity index (χ3n) is 7.46. The van der Waals surface area contributed by atoms with Gasteiger partial charge in [0.1, 0.15) is 29.7 Å². The quantitative estimate of drug-likeness (QED) is 0.303. The molecule has 1 aliphatic carbocycles. The number of hydrogen-bond acceptors (Lipinski definition) is 8. The van der Waals surface area contributed by atoms with Crippen molar-refractivity contribution in [3.8, 4) is 0 Å². The molecular weight excluding hydrogens is 432 g/mol. The van der Waals surface area contributed by atoms with Crippen LogP contribution in [-0.2, 0) is 12.8 Å². The van der Waals surface area contributed by atoms with Gasteiger partial charge in [-0.25, -0.2) is 15.0 Å². The highest BCUT2D eigenvalue weighted by atomic mass is 16.3. The van der Waals surface area contributed by atoms with Crippen LogP contribution in [0.1, 0.15) is 30.0 Å². The van der Waals surface area contributed by atoms with Gasteiger partial charge in [-0.1, -0.05) is 12.1 Å². The molecule has 0 bridgehead atoms. The Balaban J connectivity index is 1.18. The van der Waals surface area contributed by atoms with Crippen molar-refractivity contribution in [2.75, 3.05) is 17.7 Å². The summed E-state index contributed by atoms with van der Waals surface area (Å²) in [6.45, 7) is 0.0909. The van der Waals surface area contributed by atoms with Gasteiger partial charge in [-0.2, -0.15) is 0 Å². The lowest BCUT2D eigenvalue weighted by Gasteiger charge is -2.19. The van der Waals surface area contributed by atoms with Gasteiger partial charge in [-0.15, -0.1) is 0 Å². The molecule has 0 unspecified atom stereocenters. The molecule has 1 aliphatic heterocycles. The highest BCUT2D eigenvalue weighted by Crippen LogP contribution is 2.40. The number of aryl methyl sites for hydroxylation is 1. The van der Waals surface area contributed by atoms with E-state index >= 15 is 0 Å². The van der Waals surface area contributed by atoms with E-state index < -0.39 is 12.2 Å². The van der Waals surface area contributed by atoms with Crippen LogP contribution in [0.3, 0.4) is 0 Å². The zero-order chi connectivity index (χ0) is 23.4. The van der Waals surface area contributed by atoms with Crippen molar-refractivity contribution in [3.63, 3.8) is 0 Å². The van der Waals surface area contributed by atoms with Gasteiger partial charge < -0.3 is 30.9 Å². The van der Waals surface area contributed by atoms with Crippen LogP contribution in [0.15, 0.2) is 42.9 Å². The molecule has 1 aromatic carbocycles. The highest BCUT2D eigenvalue weighted by molar-refractivity contribution is 5.86. The average molecular weight is 461 g/mol. The van der Waals surface area contributed by atoms with E-state index in [1.807, 2.05) is 16.8 Å². The third-order valence-corrected chi connectivity index (χ3v) is 7.46. The molecule has 3 aromatic heterocycles. The molecule has 9 nitrogen and oxygen atoms in total. The Morgan fingerprint density at radius 2 is 2.00 bits per heavy atom. The van der Waals surface area contributed by atoms with Crippen LogP contribution >= 0.6 is 0 Å². The number of pyridine rings is 1. The van der Waals surface area contributed by atoms with Gasteiger partial charge in [-0.05, 0) is 60.9 Å². The molecule has 176 valence electrons. The van der Waals surface area contributed by atoms with Crippen LogP contribution < -0.4 is 11.1 Å². The molecule has 2 aliphatic rings. The van der Waals surface area contributed by atoms with E-state index in [4.69, 9.17) is 10.7 Å². The SMILES string of the molecule is Nc1ncnc2c1ccn2[C@@H]1C[C@H](CCc2ccc3cc4c(nc3c2)N[C@H](CO)C4)[C@@H](O)[C@H]1O. The zero-order valence-electron chi connectivity index (χ0n) is 18.7. The maximum absolute atomic E-state index is 10.8. The Labute approximate surface area is 196 Å². The predicted molar refractivity (Wildman–Crippen MR) is 129 cm³/mol. The van der Waals surface area contributed by atoms with E-state index in [2.05, 4.69) is 39.6 Å². The molecule has 6 rings (SSSR count). The average Bonchev–Trinajstić information content (AvgIpc) is 3.52. The van der Waals surface area contributed by atoms with Gasteiger partial charge in [-0.3, -0.25) is 0 Å². The fourth-order valence-corrected chi connectivity index (χ4v) is 5.58. The molecular formula is C25H28N6O3. The Bertz CT molecular complexity index is 1370. The van der Waals surface area contributed by atoms with E-state index in [0.29, 0.717) is 17.9 Å². The molecule has 1 fully saturated rings. The minimum absolute atomic E-state index is 0.0299. The number of anilines is 2. The summed E-state index contributed by atoms with van der Waals surface area (Å²) < 4.78 is 1.91. The van der Waals surface area contributed by atoms with Crippen LogP contribution in [-0.4, -0.2) is 59.7 Å². The van der Waals surface area contributed by atoms with Crippen molar-refractivity contribution in [2.24, 2.45) is 5.92 Å². The number of nitrogens with one attached hydrogen (secondary N) is 1. The topological polar surface area (TPSA) is 142 Å². The van der Waals surface area contributed by atoms with Crippen LogP contribution in [0.25, 0.3) is 21.9 Å². The minimum Gasteiger partial charge on any atom is -0.394 e. The van der Waals surface area contributed by atoms with Crippen molar-refractivity contribution in [3.05, 3.63) is 54.0 Å². The number of aromatic nitrogens is 4. The number of nitrogens with zero attached hydrogens (tertiary/aromatic N) is 4. The van der Waals surface area contributed by atoms with E-state index in [-0.39, 0.29) is 24.6 Å². The van der Waals surface area contributed by atoms with Gasteiger partial charge in [0, 0.05) is 11.6 Å². The second-order valence-electron chi connectivity index (χ2n) is 9.55. The summed E-state index contributed by atoms with van der Waals surface area (Å²) in [4.78, 5) is 13.1. The number of nitrogens with two attached hydrogens (primary N) is 1. The lowest BCUT2D eigenvalue weighted by atomic mass is 9.95. The number of aliphatic hydroxyl groups excluding tert-OH is 3. The largest absolute Gasteiger partial charge is 0.394 e.